The van der Waals surface area contributed by atoms with Crippen molar-refractivity contribution in [1.82, 2.24) is 4.90 Å². The van der Waals surface area contributed by atoms with Gasteiger partial charge < -0.3 is 15.5 Å². The van der Waals surface area contributed by atoms with Crippen molar-refractivity contribution in [1.29, 1.82) is 0 Å². The molecule has 0 amide bonds. The van der Waals surface area contributed by atoms with Crippen LogP contribution in [0, 0.1) is 5.82 Å². The minimum atomic E-state index is -0.196. The van der Waals surface area contributed by atoms with E-state index in [4.69, 9.17) is 5.73 Å². The molecule has 0 radical (unpaired) electrons. The molecule has 1 saturated heterocycles. The van der Waals surface area contributed by atoms with Gasteiger partial charge in [0.05, 0.1) is 0 Å². The maximum atomic E-state index is 12.9. The lowest BCUT2D eigenvalue weighted by Gasteiger charge is -2.36. The summed E-state index contributed by atoms with van der Waals surface area (Å²) < 4.78 is 12.9. The van der Waals surface area contributed by atoms with Gasteiger partial charge in [0.15, 0.2) is 5.96 Å². The van der Waals surface area contributed by atoms with E-state index < -0.39 is 0 Å². The van der Waals surface area contributed by atoms with Crippen LogP contribution in [0.1, 0.15) is 13.3 Å². The van der Waals surface area contributed by atoms with Gasteiger partial charge in [-0.2, -0.15) is 0 Å². The first-order valence-corrected chi connectivity index (χ1v) is 6.76. The van der Waals surface area contributed by atoms with E-state index in [2.05, 4.69) is 21.7 Å². The lowest BCUT2D eigenvalue weighted by molar-refractivity contribution is 0.381. The maximum absolute atomic E-state index is 12.9. The molecule has 0 bridgehead atoms. The summed E-state index contributed by atoms with van der Waals surface area (Å²) in [7, 11) is 0. The van der Waals surface area contributed by atoms with Crippen LogP contribution in [0.4, 0.5) is 10.1 Å². The first-order valence-electron chi connectivity index (χ1n) is 6.76. The maximum Gasteiger partial charge on any atom is 0.191 e. The van der Waals surface area contributed by atoms with Crippen LogP contribution < -0.4 is 10.6 Å². The van der Waals surface area contributed by atoms with Crippen molar-refractivity contribution in [2.75, 3.05) is 37.6 Å². The highest BCUT2D eigenvalue weighted by Gasteiger charge is 2.18. The molecule has 1 heterocycles. The molecule has 1 aromatic rings. The van der Waals surface area contributed by atoms with Gasteiger partial charge in [0, 0.05) is 38.4 Å². The molecule has 5 heteroatoms. The molecular weight excluding hydrogens is 243 g/mol. The number of hydrogen-bond acceptors (Lipinski definition) is 2. The van der Waals surface area contributed by atoms with Gasteiger partial charge in [-0.05, 0) is 30.7 Å². The van der Waals surface area contributed by atoms with E-state index in [1.165, 1.54) is 12.1 Å². The number of halogens is 1. The second kappa shape index (κ2) is 6.41. The third-order valence-corrected chi connectivity index (χ3v) is 3.29. The Morgan fingerprint density at radius 2 is 1.84 bits per heavy atom. The molecule has 0 saturated carbocycles. The van der Waals surface area contributed by atoms with Crippen molar-refractivity contribution >= 4 is 11.6 Å². The zero-order valence-electron chi connectivity index (χ0n) is 11.3. The quantitative estimate of drug-likeness (QED) is 0.667. The second-order valence-corrected chi connectivity index (χ2v) is 4.69. The van der Waals surface area contributed by atoms with Gasteiger partial charge in [-0.15, -0.1) is 0 Å². The van der Waals surface area contributed by atoms with Crippen molar-refractivity contribution in [3.63, 3.8) is 0 Å². The third-order valence-electron chi connectivity index (χ3n) is 3.29. The Morgan fingerprint density at radius 3 is 2.42 bits per heavy atom. The molecule has 0 spiro atoms. The van der Waals surface area contributed by atoms with E-state index in [9.17, 15) is 4.39 Å². The number of benzene rings is 1. The van der Waals surface area contributed by atoms with Crippen LogP contribution in [0.2, 0.25) is 0 Å². The van der Waals surface area contributed by atoms with Crippen molar-refractivity contribution in [3.8, 4) is 0 Å². The highest BCUT2D eigenvalue weighted by molar-refractivity contribution is 5.78. The fourth-order valence-corrected chi connectivity index (χ4v) is 2.17. The molecule has 1 aromatic carbocycles. The molecule has 0 unspecified atom stereocenters. The van der Waals surface area contributed by atoms with E-state index in [-0.39, 0.29) is 5.82 Å². The molecular formula is C14H21FN4. The Hall–Kier alpha value is -1.78. The number of rotatable bonds is 3. The summed E-state index contributed by atoms with van der Waals surface area (Å²) in [5.74, 6) is 0.443. The number of nitrogens with zero attached hydrogens (tertiary/aromatic N) is 3. The Balaban J connectivity index is 1.90. The average molecular weight is 264 g/mol. The minimum Gasteiger partial charge on any atom is -0.370 e. The third kappa shape index (κ3) is 3.59. The fourth-order valence-electron chi connectivity index (χ4n) is 2.17. The Bertz CT molecular complexity index is 422. The van der Waals surface area contributed by atoms with Crippen molar-refractivity contribution in [2.45, 2.75) is 13.3 Å². The molecule has 104 valence electrons. The molecule has 19 heavy (non-hydrogen) atoms. The van der Waals surface area contributed by atoms with Crippen LogP contribution in [-0.2, 0) is 0 Å². The lowest BCUT2D eigenvalue weighted by atomic mass is 10.2. The zero-order chi connectivity index (χ0) is 13.7. The van der Waals surface area contributed by atoms with Crippen molar-refractivity contribution in [3.05, 3.63) is 30.1 Å². The molecule has 1 fully saturated rings. The van der Waals surface area contributed by atoms with E-state index >= 15 is 0 Å². The molecule has 0 atom stereocenters. The zero-order valence-corrected chi connectivity index (χ0v) is 11.3. The van der Waals surface area contributed by atoms with Crippen LogP contribution >= 0.6 is 0 Å². The standard InChI is InChI=1S/C14H21FN4/c1-2-7-17-14(16)19-10-8-18(9-11-19)13-5-3-12(15)4-6-13/h3-6H,2,7-11H2,1H3,(H2,16,17). The van der Waals surface area contributed by atoms with Crippen molar-refractivity contribution < 1.29 is 4.39 Å². The Labute approximate surface area is 113 Å². The van der Waals surface area contributed by atoms with Crippen molar-refractivity contribution in [2.24, 2.45) is 10.7 Å². The molecule has 2 rings (SSSR count). The van der Waals surface area contributed by atoms with E-state index in [1.807, 2.05) is 12.1 Å². The van der Waals surface area contributed by atoms with Gasteiger partial charge in [0.25, 0.3) is 0 Å². The van der Waals surface area contributed by atoms with E-state index in [0.29, 0.717) is 5.96 Å². The number of guanidine groups is 1. The number of nitrogens with two attached hydrogens (primary N) is 1. The Kier molecular flexibility index (Phi) is 4.60. The first kappa shape index (κ1) is 13.6. The highest BCUT2D eigenvalue weighted by Crippen LogP contribution is 2.16. The minimum absolute atomic E-state index is 0.196. The molecule has 1 aliphatic heterocycles. The monoisotopic (exact) mass is 264 g/mol. The number of anilines is 1. The predicted molar refractivity (Wildman–Crippen MR) is 77.0 cm³/mol. The molecule has 1 aliphatic rings. The number of piperazine rings is 1. The summed E-state index contributed by atoms with van der Waals surface area (Å²) in [4.78, 5) is 8.67. The van der Waals surface area contributed by atoms with Gasteiger partial charge in [-0.1, -0.05) is 6.92 Å². The SMILES string of the molecule is CCCN=C(N)N1CCN(c2ccc(F)cc2)CC1. The van der Waals surface area contributed by atoms with Crippen LogP contribution in [0.3, 0.4) is 0 Å². The van der Waals surface area contributed by atoms with Crippen LogP contribution in [0.5, 0.6) is 0 Å². The smallest absolute Gasteiger partial charge is 0.191 e. The van der Waals surface area contributed by atoms with Gasteiger partial charge in [-0.3, -0.25) is 4.99 Å². The van der Waals surface area contributed by atoms with Gasteiger partial charge >= 0.3 is 0 Å². The summed E-state index contributed by atoms with van der Waals surface area (Å²) in [6.07, 6.45) is 1.01. The van der Waals surface area contributed by atoms with Gasteiger partial charge in [-0.25, -0.2) is 4.39 Å². The summed E-state index contributed by atoms with van der Waals surface area (Å²) >= 11 is 0. The summed E-state index contributed by atoms with van der Waals surface area (Å²) in [6, 6.07) is 6.64. The number of aliphatic imine (C=N–C) groups is 1. The molecule has 0 aromatic heterocycles. The summed E-state index contributed by atoms with van der Waals surface area (Å²) in [5, 5.41) is 0. The van der Waals surface area contributed by atoms with Gasteiger partial charge in [0.1, 0.15) is 5.82 Å². The normalized spacial score (nSPS) is 16.8. The van der Waals surface area contributed by atoms with Crippen LogP contribution in [0.25, 0.3) is 0 Å². The van der Waals surface area contributed by atoms with Gasteiger partial charge in [0.2, 0.25) is 0 Å². The lowest BCUT2D eigenvalue weighted by Crippen LogP contribution is -2.51. The number of hydrogen-bond donors (Lipinski definition) is 1. The van der Waals surface area contributed by atoms with E-state index in [0.717, 1.165) is 44.8 Å². The molecule has 0 aliphatic carbocycles. The topological polar surface area (TPSA) is 44.9 Å². The molecule has 2 N–H and O–H groups in total. The van der Waals surface area contributed by atoms with Crippen LogP contribution in [-0.4, -0.2) is 43.6 Å². The highest BCUT2D eigenvalue weighted by atomic mass is 19.1. The summed E-state index contributed by atoms with van der Waals surface area (Å²) in [6.45, 7) is 6.35. The molecule has 4 nitrogen and oxygen atoms in total. The second-order valence-electron chi connectivity index (χ2n) is 4.69. The first-order chi connectivity index (χ1) is 9.20. The predicted octanol–water partition coefficient (Wildman–Crippen LogP) is 1.67. The fraction of sp³-hybridized carbons (Fsp3) is 0.500. The summed E-state index contributed by atoms with van der Waals surface area (Å²) in [5.41, 5.74) is 7.01. The Morgan fingerprint density at radius 1 is 1.21 bits per heavy atom. The van der Waals surface area contributed by atoms with E-state index in [1.54, 1.807) is 0 Å². The average Bonchev–Trinajstić information content (AvgIpc) is 2.46. The largest absolute Gasteiger partial charge is 0.370 e. The van der Waals surface area contributed by atoms with Crippen LogP contribution in [0.15, 0.2) is 29.3 Å².